The van der Waals surface area contributed by atoms with Crippen molar-refractivity contribution in [2.24, 2.45) is 16.1 Å². The van der Waals surface area contributed by atoms with Gasteiger partial charge in [0.2, 0.25) is 0 Å². The lowest BCUT2D eigenvalue weighted by atomic mass is 9.72. The van der Waals surface area contributed by atoms with Gasteiger partial charge in [-0.2, -0.15) is 0 Å². The van der Waals surface area contributed by atoms with Crippen LogP contribution in [0.3, 0.4) is 0 Å². The molecule has 1 saturated carbocycles. The highest BCUT2D eigenvalue weighted by molar-refractivity contribution is 6.09. The van der Waals surface area contributed by atoms with Gasteiger partial charge in [-0.3, -0.25) is 9.89 Å². The molecule has 2 aliphatic heterocycles. The summed E-state index contributed by atoms with van der Waals surface area (Å²) in [6.45, 7) is 10.1. The number of hydrogen-bond donors (Lipinski definition) is 1. The summed E-state index contributed by atoms with van der Waals surface area (Å²) in [5.74, 6) is 0. The molecule has 1 saturated heterocycles. The minimum atomic E-state index is 0.198. The van der Waals surface area contributed by atoms with Gasteiger partial charge in [-0.15, -0.1) is 0 Å². The predicted octanol–water partition coefficient (Wildman–Crippen LogP) is 1.98. The number of likely N-dealkylation sites (tertiary alicyclic amines) is 1. The molecule has 0 unspecified atom stereocenters. The second kappa shape index (κ2) is 3.91. The highest BCUT2D eigenvalue weighted by Gasteiger charge is 2.51. The lowest BCUT2D eigenvalue weighted by molar-refractivity contribution is 0.0645. The predicted molar refractivity (Wildman–Crippen MR) is 76.0 cm³/mol. The average Bonchev–Trinajstić information content (AvgIpc) is 2.83. The van der Waals surface area contributed by atoms with Crippen molar-refractivity contribution in [3.63, 3.8) is 0 Å². The first-order valence-corrected chi connectivity index (χ1v) is 7.18. The van der Waals surface area contributed by atoms with Crippen LogP contribution in [-0.2, 0) is 0 Å². The summed E-state index contributed by atoms with van der Waals surface area (Å²) in [6, 6.07) is 0.296. The fourth-order valence-electron chi connectivity index (χ4n) is 3.89. The van der Waals surface area contributed by atoms with Crippen LogP contribution in [0.1, 0.15) is 40.0 Å². The average molecular weight is 247 g/mol. The number of piperidine rings is 1. The number of nitrogens with zero attached hydrogens (tertiary/aromatic N) is 2. The fraction of sp³-hybridized carbons (Fsp3) is 0.800. The number of rotatable bonds is 0. The second-order valence-electron chi connectivity index (χ2n) is 7.04. The number of hydrogen-bond acceptors (Lipinski definition) is 3. The highest BCUT2D eigenvalue weighted by atomic mass is 15.2. The Labute approximate surface area is 110 Å². The lowest BCUT2D eigenvalue weighted by Gasteiger charge is -2.46. The van der Waals surface area contributed by atoms with Gasteiger partial charge in [-0.25, -0.2) is 0 Å². The van der Waals surface area contributed by atoms with Gasteiger partial charge in [0, 0.05) is 22.7 Å². The van der Waals surface area contributed by atoms with Crippen molar-refractivity contribution in [3.8, 4) is 0 Å². The van der Waals surface area contributed by atoms with E-state index in [-0.39, 0.29) is 11.0 Å². The van der Waals surface area contributed by atoms with Gasteiger partial charge < -0.3 is 5.73 Å². The SMILES string of the molecule is CC(C)(C)N1CCC2(CC1)C1=NCC=C1C[C@H]2N. The summed E-state index contributed by atoms with van der Waals surface area (Å²) in [5.41, 5.74) is 9.74. The molecule has 0 radical (unpaired) electrons. The third-order valence-corrected chi connectivity index (χ3v) is 5.12. The zero-order valence-corrected chi connectivity index (χ0v) is 11.9. The van der Waals surface area contributed by atoms with Gasteiger partial charge >= 0.3 is 0 Å². The summed E-state index contributed by atoms with van der Waals surface area (Å²) in [5, 5.41) is 0. The topological polar surface area (TPSA) is 41.6 Å². The van der Waals surface area contributed by atoms with E-state index in [1.165, 1.54) is 24.1 Å². The maximum atomic E-state index is 6.45. The molecule has 1 aliphatic carbocycles. The summed E-state index contributed by atoms with van der Waals surface area (Å²) >= 11 is 0. The number of fused-ring (bicyclic) bond motifs is 2. The molecule has 0 amide bonds. The molecule has 100 valence electrons. The Kier molecular flexibility index (Phi) is 2.69. The molecular weight excluding hydrogens is 222 g/mol. The van der Waals surface area contributed by atoms with Gasteiger partial charge in [-0.05, 0) is 58.7 Å². The molecule has 2 fully saturated rings. The van der Waals surface area contributed by atoms with E-state index in [1.807, 2.05) is 0 Å². The number of aliphatic imine (C=N–C) groups is 1. The third-order valence-electron chi connectivity index (χ3n) is 5.12. The summed E-state index contributed by atoms with van der Waals surface area (Å²) in [7, 11) is 0. The summed E-state index contributed by atoms with van der Waals surface area (Å²) in [4.78, 5) is 7.32. The van der Waals surface area contributed by atoms with Crippen LogP contribution in [0.4, 0.5) is 0 Å². The van der Waals surface area contributed by atoms with E-state index in [4.69, 9.17) is 10.7 Å². The van der Waals surface area contributed by atoms with Crippen LogP contribution >= 0.6 is 0 Å². The van der Waals surface area contributed by atoms with E-state index >= 15 is 0 Å². The van der Waals surface area contributed by atoms with E-state index in [0.717, 1.165) is 26.1 Å². The zero-order valence-electron chi connectivity index (χ0n) is 11.9. The molecule has 0 aromatic carbocycles. The first-order chi connectivity index (χ1) is 8.43. The lowest BCUT2D eigenvalue weighted by Crippen LogP contribution is -2.54. The van der Waals surface area contributed by atoms with Crippen LogP contribution in [0.15, 0.2) is 16.6 Å². The standard InChI is InChI=1S/C15H25N3/c1-14(2,3)18-8-5-15(6-9-18)12(16)10-11-4-7-17-13(11)15/h4,12H,5-10,16H2,1-3H3/t12-/m1/s1. The minimum Gasteiger partial charge on any atom is -0.327 e. The van der Waals surface area contributed by atoms with Crippen molar-refractivity contribution in [1.82, 2.24) is 4.90 Å². The van der Waals surface area contributed by atoms with Crippen molar-refractivity contribution in [2.45, 2.75) is 51.6 Å². The van der Waals surface area contributed by atoms with Crippen LogP contribution in [0, 0.1) is 5.41 Å². The van der Waals surface area contributed by atoms with Gasteiger partial charge in [-0.1, -0.05) is 6.08 Å². The maximum Gasteiger partial charge on any atom is 0.0580 e. The largest absolute Gasteiger partial charge is 0.327 e. The number of nitrogens with two attached hydrogens (primary N) is 1. The third kappa shape index (κ3) is 1.68. The van der Waals surface area contributed by atoms with Crippen LogP contribution in [0.2, 0.25) is 0 Å². The molecule has 1 atom stereocenters. The molecule has 3 aliphatic rings. The van der Waals surface area contributed by atoms with Crippen molar-refractivity contribution in [2.75, 3.05) is 19.6 Å². The van der Waals surface area contributed by atoms with Crippen molar-refractivity contribution < 1.29 is 0 Å². The molecule has 3 heteroatoms. The normalized spacial score (nSPS) is 31.4. The fourth-order valence-corrected chi connectivity index (χ4v) is 3.89. The monoisotopic (exact) mass is 247 g/mol. The minimum absolute atomic E-state index is 0.198. The zero-order chi connectivity index (χ0) is 13.0. The van der Waals surface area contributed by atoms with Gasteiger partial charge in [0.05, 0.1) is 6.54 Å². The maximum absolute atomic E-state index is 6.45. The Bertz CT molecular complexity index is 406. The highest BCUT2D eigenvalue weighted by Crippen LogP contribution is 2.47. The Hall–Kier alpha value is -0.670. The Morgan fingerprint density at radius 1 is 1.33 bits per heavy atom. The van der Waals surface area contributed by atoms with Crippen molar-refractivity contribution in [3.05, 3.63) is 11.6 Å². The second-order valence-corrected chi connectivity index (χ2v) is 7.04. The van der Waals surface area contributed by atoms with Crippen LogP contribution in [0.25, 0.3) is 0 Å². The van der Waals surface area contributed by atoms with Crippen LogP contribution in [0.5, 0.6) is 0 Å². The van der Waals surface area contributed by atoms with Gasteiger partial charge in [0.25, 0.3) is 0 Å². The molecule has 0 aromatic rings. The Morgan fingerprint density at radius 3 is 2.61 bits per heavy atom. The summed E-state index contributed by atoms with van der Waals surface area (Å²) < 4.78 is 0. The molecule has 1 spiro atoms. The van der Waals surface area contributed by atoms with E-state index in [0.29, 0.717) is 6.04 Å². The van der Waals surface area contributed by atoms with Gasteiger partial charge in [0.15, 0.2) is 0 Å². The molecule has 3 rings (SSSR count). The van der Waals surface area contributed by atoms with E-state index in [2.05, 4.69) is 31.7 Å². The summed E-state index contributed by atoms with van der Waals surface area (Å²) in [6.07, 6.45) is 5.69. The van der Waals surface area contributed by atoms with E-state index in [1.54, 1.807) is 0 Å². The smallest absolute Gasteiger partial charge is 0.0580 e. The molecule has 0 aromatic heterocycles. The van der Waals surface area contributed by atoms with E-state index < -0.39 is 0 Å². The van der Waals surface area contributed by atoms with Crippen molar-refractivity contribution >= 4 is 5.71 Å². The molecule has 2 N–H and O–H groups in total. The van der Waals surface area contributed by atoms with Crippen LogP contribution < -0.4 is 5.73 Å². The van der Waals surface area contributed by atoms with E-state index in [9.17, 15) is 0 Å². The Balaban J connectivity index is 1.81. The van der Waals surface area contributed by atoms with Crippen LogP contribution in [-0.4, -0.2) is 41.8 Å². The Morgan fingerprint density at radius 2 is 2.00 bits per heavy atom. The van der Waals surface area contributed by atoms with Crippen molar-refractivity contribution in [1.29, 1.82) is 0 Å². The molecular formula is C15H25N3. The first kappa shape index (κ1) is 12.4. The molecule has 3 nitrogen and oxygen atoms in total. The van der Waals surface area contributed by atoms with Gasteiger partial charge in [0.1, 0.15) is 0 Å². The molecule has 18 heavy (non-hydrogen) atoms. The molecule has 0 bridgehead atoms. The quantitative estimate of drug-likeness (QED) is 0.711. The first-order valence-electron chi connectivity index (χ1n) is 7.18. The molecule has 2 heterocycles.